The number of rotatable bonds is 4. The molecule has 0 spiro atoms. The van der Waals surface area contributed by atoms with Crippen molar-refractivity contribution >= 4 is 11.6 Å². The van der Waals surface area contributed by atoms with E-state index in [1.165, 1.54) is 5.56 Å². The number of nitrogens with one attached hydrogen (secondary N) is 1. The topological polar surface area (TPSA) is 50.8 Å². The molecule has 136 valence electrons. The van der Waals surface area contributed by atoms with Crippen molar-refractivity contribution in [1.29, 1.82) is 0 Å². The summed E-state index contributed by atoms with van der Waals surface area (Å²) >= 11 is 0. The zero-order chi connectivity index (χ0) is 17.9. The highest BCUT2D eigenvalue weighted by Crippen LogP contribution is 2.33. The molecular weight excluding hydrogens is 328 g/mol. The van der Waals surface area contributed by atoms with Gasteiger partial charge in [0.2, 0.25) is 5.91 Å². The second kappa shape index (κ2) is 7.38. The van der Waals surface area contributed by atoms with Crippen LogP contribution >= 0.6 is 0 Å². The van der Waals surface area contributed by atoms with Gasteiger partial charge in [-0.2, -0.15) is 0 Å². The molecule has 0 aromatic heterocycles. The lowest BCUT2D eigenvalue weighted by molar-refractivity contribution is -0.120. The molecule has 0 radical (unpaired) electrons. The summed E-state index contributed by atoms with van der Waals surface area (Å²) in [5.41, 5.74) is 2.10. The molecule has 2 aliphatic rings. The molecule has 26 heavy (non-hydrogen) atoms. The monoisotopic (exact) mass is 352 g/mol. The van der Waals surface area contributed by atoms with E-state index in [1.54, 1.807) is 0 Å². The molecule has 2 atom stereocenters. The first-order valence-electron chi connectivity index (χ1n) is 9.20. The van der Waals surface area contributed by atoms with Crippen LogP contribution in [0.5, 0.6) is 11.5 Å². The van der Waals surface area contributed by atoms with Crippen molar-refractivity contribution in [2.75, 3.05) is 31.6 Å². The Morgan fingerprint density at radius 3 is 2.69 bits per heavy atom. The van der Waals surface area contributed by atoms with Crippen LogP contribution in [0.3, 0.4) is 0 Å². The Hall–Kier alpha value is -2.53. The van der Waals surface area contributed by atoms with Gasteiger partial charge in [0.1, 0.15) is 13.2 Å². The number of carbonyl (C=O) groups is 1. The second-order valence-electron chi connectivity index (χ2n) is 6.91. The predicted octanol–water partition coefficient (Wildman–Crippen LogP) is 3.27. The fourth-order valence-electron chi connectivity index (χ4n) is 3.67. The minimum absolute atomic E-state index is 0.00962. The minimum atomic E-state index is -0.170. The molecule has 1 amide bonds. The Balaban J connectivity index is 1.38. The molecule has 2 aromatic carbocycles. The number of likely N-dealkylation sites (tertiary alicyclic amines) is 1. The molecule has 2 unspecified atom stereocenters. The largest absolute Gasteiger partial charge is 0.486 e. The van der Waals surface area contributed by atoms with Crippen LogP contribution in [0.15, 0.2) is 48.5 Å². The van der Waals surface area contributed by atoms with Gasteiger partial charge in [0.25, 0.3) is 0 Å². The van der Waals surface area contributed by atoms with E-state index >= 15 is 0 Å². The normalized spacial score (nSPS) is 20.6. The van der Waals surface area contributed by atoms with Crippen molar-refractivity contribution in [3.63, 3.8) is 0 Å². The summed E-state index contributed by atoms with van der Waals surface area (Å²) < 4.78 is 11.1. The molecule has 2 heterocycles. The van der Waals surface area contributed by atoms with Crippen molar-refractivity contribution in [2.45, 2.75) is 25.3 Å². The molecule has 5 nitrogen and oxygen atoms in total. The summed E-state index contributed by atoms with van der Waals surface area (Å²) in [7, 11) is 0. The van der Waals surface area contributed by atoms with Gasteiger partial charge >= 0.3 is 0 Å². The summed E-state index contributed by atoms with van der Waals surface area (Å²) in [5.74, 6) is 1.93. The van der Waals surface area contributed by atoms with Crippen molar-refractivity contribution in [1.82, 2.24) is 4.90 Å². The summed E-state index contributed by atoms with van der Waals surface area (Å²) in [6, 6.07) is 15.9. The van der Waals surface area contributed by atoms with Crippen LogP contribution in [-0.4, -0.2) is 43.2 Å². The highest BCUT2D eigenvalue weighted by atomic mass is 16.6. The molecule has 5 heteroatoms. The van der Waals surface area contributed by atoms with E-state index < -0.39 is 0 Å². The van der Waals surface area contributed by atoms with Gasteiger partial charge in [0.15, 0.2) is 11.5 Å². The third kappa shape index (κ3) is 3.53. The van der Waals surface area contributed by atoms with Gasteiger partial charge < -0.3 is 14.8 Å². The Labute approximate surface area is 153 Å². The number of amides is 1. The smallest absolute Gasteiger partial charge is 0.241 e. The number of anilines is 1. The molecule has 2 aromatic rings. The average Bonchev–Trinajstić information content (AvgIpc) is 3.18. The molecular formula is C21H24N2O3. The van der Waals surface area contributed by atoms with Gasteiger partial charge in [-0.25, -0.2) is 0 Å². The summed E-state index contributed by atoms with van der Waals surface area (Å²) in [5, 5.41) is 3.01. The molecule has 1 saturated heterocycles. The number of hydrogen-bond acceptors (Lipinski definition) is 4. The van der Waals surface area contributed by atoms with Crippen molar-refractivity contribution in [2.24, 2.45) is 0 Å². The molecule has 4 rings (SSSR count). The molecule has 0 aliphatic carbocycles. The third-order valence-electron chi connectivity index (χ3n) is 5.23. The number of fused-ring (bicyclic) bond motifs is 1. The third-order valence-corrected chi connectivity index (χ3v) is 5.23. The highest BCUT2D eigenvalue weighted by Gasteiger charge is 2.30. The molecule has 1 fully saturated rings. The molecule has 1 N–H and O–H groups in total. The maximum absolute atomic E-state index is 12.7. The van der Waals surface area contributed by atoms with Gasteiger partial charge in [0.05, 0.1) is 6.04 Å². The van der Waals surface area contributed by atoms with Crippen LogP contribution in [0.2, 0.25) is 0 Å². The number of benzene rings is 2. The zero-order valence-electron chi connectivity index (χ0n) is 15.0. The van der Waals surface area contributed by atoms with Gasteiger partial charge in [-0.3, -0.25) is 9.69 Å². The predicted molar refractivity (Wildman–Crippen MR) is 101 cm³/mol. The van der Waals surface area contributed by atoms with Crippen molar-refractivity contribution in [3.8, 4) is 11.5 Å². The van der Waals surface area contributed by atoms with E-state index in [1.807, 2.05) is 31.2 Å². The van der Waals surface area contributed by atoms with Crippen LogP contribution in [0.1, 0.15) is 24.8 Å². The molecule has 0 bridgehead atoms. The van der Waals surface area contributed by atoms with Crippen LogP contribution in [0.25, 0.3) is 0 Å². The Morgan fingerprint density at radius 1 is 1.12 bits per heavy atom. The Bertz CT molecular complexity index is 778. The lowest BCUT2D eigenvalue weighted by Crippen LogP contribution is -2.40. The van der Waals surface area contributed by atoms with Crippen molar-refractivity contribution in [3.05, 3.63) is 54.1 Å². The SMILES string of the molecule is CC(C(=O)Nc1ccc2c(c1)OCCO2)N1CCC(c2ccccc2)C1. The first kappa shape index (κ1) is 16.9. The van der Waals surface area contributed by atoms with E-state index in [9.17, 15) is 4.79 Å². The van der Waals surface area contributed by atoms with E-state index in [0.717, 1.165) is 30.9 Å². The molecule has 2 aliphatic heterocycles. The van der Waals surface area contributed by atoms with Gasteiger partial charge in [-0.05, 0) is 43.5 Å². The lowest BCUT2D eigenvalue weighted by Gasteiger charge is -2.24. The van der Waals surface area contributed by atoms with E-state index in [0.29, 0.717) is 24.9 Å². The first-order chi connectivity index (χ1) is 12.7. The number of hydrogen-bond donors (Lipinski definition) is 1. The summed E-state index contributed by atoms with van der Waals surface area (Å²) in [6.45, 7) is 4.93. The summed E-state index contributed by atoms with van der Waals surface area (Å²) in [4.78, 5) is 14.9. The number of carbonyl (C=O) groups excluding carboxylic acids is 1. The number of nitrogens with zero attached hydrogens (tertiary/aromatic N) is 1. The van der Waals surface area contributed by atoms with Crippen molar-refractivity contribution < 1.29 is 14.3 Å². The standard InChI is InChI=1S/C21H24N2O3/c1-15(23-10-9-17(14-23)16-5-3-2-4-6-16)21(24)22-18-7-8-19-20(13-18)26-12-11-25-19/h2-8,13,15,17H,9-12,14H2,1H3,(H,22,24). The van der Waals surface area contributed by atoms with Crippen LogP contribution < -0.4 is 14.8 Å². The highest BCUT2D eigenvalue weighted by molar-refractivity contribution is 5.94. The summed E-state index contributed by atoms with van der Waals surface area (Å²) in [6.07, 6.45) is 1.09. The fourth-order valence-corrected chi connectivity index (χ4v) is 3.67. The van der Waals surface area contributed by atoms with Crippen LogP contribution in [0, 0.1) is 0 Å². The fraction of sp³-hybridized carbons (Fsp3) is 0.381. The average molecular weight is 352 g/mol. The van der Waals surface area contributed by atoms with E-state index in [2.05, 4.69) is 34.5 Å². The van der Waals surface area contributed by atoms with Crippen LogP contribution in [0.4, 0.5) is 5.69 Å². The minimum Gasteiger partial charge on any atom is -0.486 e. The van der Waals surface area contributed by atoms with E-state index in [4.69, 9.17) is 9.47 Å². The maximum atomic E-state index is 12.7. The molecule has 0 saturated carbocycles. The Morgan fingerprint density at radius 2 is 1.88 bits per heavy atom. The van der Waals surface area contributed by atoms with Gasteiger partial charge in [-0.1, -0.05) is 30.3 Å². The van der Waals surface area contributed by atoms with Gasteiger partial charge in [-0.15, -0.1) is 0 Å². The Kier molecular flexibility index (Phi) is 4.80. The van der Waals surface area contributed by atoms with Gasteiger partial charge in [0, 0.05) is 18.3 Å². The number of ether oxygens (including phenoxy) is 2. The zero-order valence-corrected chi connectivity index (χ0v) is 15.0. The quantitative estimate of drug-likeness (QED) is 0.917. The van der Waals surface area contributed by atoms with Crippen LogP contribution in [-0.2, 0) is 4.79 Å². The first-order valence-corrected chi connectivity index (χ1v) is 9.20. The maximum Gasteiger partial charge on any atom is 0.241 e. The van der Waals surface area contributed by atoms with E-state index in [-0.39, 0.29) is 11.9 Å². The second-order valence-corrected chi connectivity index (χ2v) is 6.91. The lowest BCUT2D eigenvalue weighted by atomic mass is 9.99.